The number of hydrogen-bond donors (Lipinski definition) is 6. The Balaban J connectivity index is 5.28. The Morgan fingerprint density at radius 2 is 0.459 bits per heavy atom. The molecule has 0 unspecified atom stereocenters. The number of hydrogen-bond acceptors (Lipinski definition) is 25. The van der Waals surface area contributed by atoms with Crippen LogP contribution in [0.1, 0.15) is 82.1 Å². The molecule has 31 nitrogen and oxygen atoms in total. The highest BCUT2D eigenvalue weighted by atomic mass is 16.6. The number of nitrogens with one attached hydrogen (secondary N) is 6. The molecule has 496 valence electrons. The van der Waals surface area contributed by atoms with Gasteiger partial charge < -0.3 is 112 Å². The molecule has 0 bridgehead atoms. The Morgan fingerprint density at radius 1 is 0.259 bits per heavy atom. The predicted molar refractivity (Wildman–Crippen MR) is 302 cm³/mol. The molecule has 31 heteroatoms. The van der Waals surface area contributed by atoms with E-state index in [1.54, 1.807) is 41.5 Å². The van der Waals surface area contributed by atoms with Crippen molar-refractivity contribution in [3.05, 3.63) is 0 Å². The maximum Gasteiger partial charge on any atom is 0.407 e. The van der Waals surface area contributed by atoms with Crippen molar-refractivity contribution < 1.29 is 119 Å². The van der Waals surface area contributed by atoms with Gasteiger partial charge >= 0.3 is 48.5 Å². The van der Waals surface area contributed by atoms with Crippen LogP contribution >= 0.6 is 0 Å². The highest BCUT2D eigenvalue weighted by molar-refractivity contribution is 5.79. The summed E-state index contributed by atoms with van der Waals surface area (Å²) in [4.78, 5) is 101. The van der Waals surface area contributed by atoms with E-state index in [0.717, 1.165) is 12.8 Å². The fraction of sp³-hybridized carbons (Fsp3) is 0.852. The summed E-state index contributed by atoms with van der Waals surface area (Å²) < 4.78 is 91.1. The molecule has 0 aromatic heterocycles. The van der Waals surface area contributed by atoms with Crippen molar-refractivity contribution >= 4 is 48.5 Å². The quantitative estimate of drug-likeness (QED) is 0.0290. The third-order valence-electron chi connectivity index (χ3n) is 10.1. The fourth-order valence-electron chi connectivity index (χ4n) is 5.82. The van der Waals surface area contributed by atoms with Crippen LogP contribution in [-0.4, -0.2) is 258 Å². The number of rotatable bonds is 50. The molecule has 0 fully saturated rings. The summed E-state index contributed by atoms with van der Waals surface area (Å²) in [5, 5.41) is 15.2. The highest BCUT2D eigenvalue weighted by Crippen LogP contribution is 2.22. The first-order chi connectivity index (χ1) is 40.4. The maximum absolute atomic E-state index is 13.5. The summed E-state index contributed by atoms with van der Waals surface area (Å²) in [5.41, 5.74) is -4.64. The minimum atomic E-state index is -1.72. The van der Waals surface area contributed by atoms with Crippen molar-refractivity contribution in [2.75, 3.05) is 198 Å². The van der Waals surface area contributed by atoms with Crippen molar-refractivity contribution in [2.24, 2.45) is 10.8 Å². The maximum atomic E-state index is 13.5. The van der Waals surface area contributed by atoms with Gasteiger partial charge in [-0.15, -0.1) is 0 Å². The van der Waals surface area contributed by atoms with Gasteiger partial charge in [0.05, 0.1) is 106 Å². The lowest BCUT2D eigenvalue weighted by atomic mass is 9.93. The Kier molecular flexibility index (Phi) is 46.0. The number of esters is 2. The number of ether oxygens (including phenoxy) is 17. The molecule has 0 radical (unpaired) electrons. The predicted octanol–water partition coefficient (Wildman–Crippen LogP) is 3.01. The zero-order valence-corrected chi connectivity index (χ0v) is 51.8. The van der Waals surface area contributed by atoms with Gasteiger partial charge in [0.2, 0.25) is 0 Å². The smallest absolute Gasteiger partial charge is 0.407 e. The largest absolute Gasteiger partial charge is 0.463 e. The summed E-state index contributed by atoms with van der Waals surface area (Å²) in [6.07, 6.45) is -2.91. The van der Waals surface area contributed by atoms with E-state index < -0.39 is 97.0 Å². The molecule has 6 amide bonds. The molecule has 0 heterocycles. The monoisotopic (exact) mass is 1230 g/mol. The van der Waals surface area contributed by atoms with E-state index in [2.05, 4.69) is 31.9 Å². The molecule has 0 aromatic rings. The van der Waals surface area contributed by atoms with Gasteiger partial charge in [-0.25, -0.2) is 28.8 Å². The van der Waals surface area contributed by atoms with Crippen LogP contribution in [0.3, 0.4) is 0 Å². The second kappa shape index (κ2) is 49.3. The molecule has 0 aliphatic rings. The minimum Gasteiger partial charge on any atom is -0.463 e. The van der Waals surface area contributed by atoms with Gasteiger partial charge in [0.15, 0.2) is 0 Å². The molecule has 0 rings (SSSR count). The van der Waals surface area contributed by atoms with Crippen LogP contribution in [-0.2, 0) is 90.1 Å². The van der Waals surface area contributed by atoms with Gasteiger partial charge in [-0.2, -0.15) is 0 Å². The lowest BCUT2D eigenvalue weighted by Crippen LogP contribution is -2.43. The summed E-state index contributed by atoms with van der Waals surface area (Å²) in [6.45, 7) is 19.1. The lowest BCUT2D eigenvalue weighted by Gasteiger charge is -2.27. The van der Waals surface area contributed by atoms with Crippen molar-refractivity contribution in [1.29, 1.82) is 0 Å². The Hall–Kier alpha value is -5.80. The van der Waals surface area contributed by atoms with Crippen LogP contribution in [0.2, 0.25) is 0 Å². The second-order valence-electron chi connectivity index (χ2n) is 20.8. The summed E-state index contributed by atoms with van der Waals surface area (Å²) in [6, 6.07) is 0. The van der Waals surface area contributed by atoms with Gasteiger partial charge in [0.1, 0.15) is 61.7 Å². The molecular formula is C54H100N6O25. The van der Waals surface area contributed by atoms with Crippen molar-refractivity contribution in [2.45, 2.75) is 93.3 Å². The van der Waals surface area contributed by atoms with Crippen LogP contribution in [0.15, 0.2) is 0 Å². The van der Waals surface area contributed by atoms with Crippen molar-refractivity contribution in [1.82, 2.24) is 31.9 Å². The zero-order valence-electron chi connectivity index (χ0n) is 51.8. The van der Waals surface area contributed by atoms with Gasteiger partial charge in [0, 0.05) is 52.5 Å². The van der Waals surface area contributed by atoms with Crippen LogP contribution in [0.4, 0.5) is 28.8 Å². The molecule has 0 spiro atoms. The highest BCUT2D eigenvalue weighted by Gasteiger charge is 2.40. The van der Waals surface area contributed by atoms with Gasteiger partial charge in [-0.1, -0.05) is 13.8 Å². The summed E-state index contributed by atoms with van der Waals surface area (Å²) >= 11 is 0. The Labute approximate surface area is 500 Å². The van der Waals surface area contributed by atoms with Crippen LogP contribution < -0.4 is 31.9 Å². The average Bonchev–Trinajstić information content (AvgIpc) is 3.25. The number of carbonyl (C=O) groups excluding carboxylic acids is 8. The Morgan fingerprint density at radius 3 is 0.682 bits per heavy atom. The fourth-order valence-corrected chi connectivity index (χ4v) is 5.82. The molecule has 0 aliphatic carbocycles. The lowest BCUT2D eigenvalue weighted by molar-refractivity contribution is -0.163. The van der Waals surface area contributed by atoms with Gasteiger partial charge in [-0.3, -0.25) is 9.59 Å². The third kappa shape index (κ3) is 49.1. The van der Waals surface area contributed by atoms with Crippen molar-refractivity contribution in [3.63, 3.8) is 0 Å². The summed E-state index contributed by atoms with van der Waals surface area (Å²) in [5.74, 6) is -1.81. The van der Waals surface area contributed by atoms with E-state index >= 15 is 0 Å². The molecule has 6 N–H and O–H groups in total. The first kappa shape index (κ1) is 79.2. The molecule has 0 aliphatic heterocycles. The summed E-state index contributed by atoms with van der Waals surface area (Å²) in [7, 11) is 0. The number of alkyl carbamates (subject to hydrolysis) is 6. The minimum absolute atomic E-state index is 0.0274. The van der Waals surface area contributed by atoms with Crippen LogP contribution in [0, 0.1) is 10.8 Å². The first-order valence-electron chi connectivity index (χ1n) is 28.6. The number of carbonyl (C=O) groups is 8. The molecule has 0 atom stereocenters. The van der Waals surface area contributed by atoms with E-state index in [0.29, 0.717) is 39.6 Å². The van der Waals surface area contributed by atoms with E-state index in [1.807, 2.05) is 13.8 Å². The van der Waals surface area contributed by atoms with E-state index in [4.69, 9.17) is 80.5 Å². The molecule has 0 saturated carbocycles. The SMILES string of the molecule is CCCOCCOCCNC(=O)OCC(C)(COC(=O)NCCOCCOCCC)C(=O)OCCOCCOC(=O)C(C)(COC(=O)NCCOCCOCCNC(=O)OC(C)(C)C)COC(=O)NCCOCCOCCNC(=O)OC(C)(C)C. The molecule has 85 heavy (non-hydrogen) atoms. The van der Waals surface area contributed by atoms with E-state index in [-0.39, 0.29) is 132 Å². The Bertz CT molecular complexity index is 1720. The average molecular weight is 1230 g/mol. The van der Waals surface area contributed by atoms with E-state index in [9.17, 15) is 38.4 Å². The molecular weight excluding hydrogens is 1130 g/mol. The first-order valence-corrected chi connectivity index (χ1v) is 28.6. The number of amides is 6. The normalized spacial score (nSPS) is 11.6. The topological polar surface area (TPSA) is 366 Å². The van der Waals surface area contributed by atoms with Crippen molar-refractivity contribution in [3.8, 4) is 0 Å². The van der Waals surface area contributed by atoms with E-state index in [1.165, 1.54) is 13.8 Å². The second-order valence-corrected chi connectivity index (χ2v) is 20.8. The zero-order chi connectivity index (χ0) is 63.5. The van der Waals surface area contributed by atoms with Gasteiger partial charge in [0.25, 0.3) is 0 Å². The van der Waals surface area contributed by atoms with Gasteiger partial charge in [-0.05, 0) is 68.2 Å². The standard InChI is InChI=1S/C54H100N6O25/c1-11-19-69-27-29-71-21-13-55-45(63)80-39-53(9,40-81-46(64)56-14-22-72-30-28-70-20-12-2)43(61)78-37-35-77-36-38-79-44(62)54(10,41-82-47(65)57-15-23-73-31-33-75-25-17-59-49(67)84-51(3,4)5)42-83-48(66)58-16-24-74-32-34-76-26-18-60-50(68)85-52(6,7)8/h11-42H2,1-10H3,(H,55,63)(H,56,64)(H,57,65)(H,58,66)(H,59,67)(H,60,68). The molecule has 0 aromatic carbocycles. The molecule has 0 saturated heterocycles. The van der Waals surface area contributed by atoms with Crippen LogP contribution in [0.25, 0.3) is 0 Å². The van der Waals surface area contributed by atoms with Crippen LogP contribution in [0.5, 0.6) is 0 Å². The third-order valence-corrected chi connectivity index (χ3v) is 10.1.